The maximum absolute atomic E-state index is 13.8. The van der Waals surface area contributed by atoms with Crippen molar-refractivity contribution in [1.82, 2.24) is 29.8 Å². The van der Waals surface area contributed by atoms with Crippen molar-refractivity contribution in [2.24, 2.45) is 22.3 Å². The number of anilines is 3. The van der Waals surface area contributed by atoms with Crippen LogP contribution in [0.4, 0.5) is 17.1 Å². The SMILES string of the molecule is C.Cc1nn(-c2ccc(C(N)=O)c(NCCCOCCOCCOCCOCCOCCCN(Cc3cccc(I)c3)C(=S)Nc3ccc4c(c3)C(=O)OC43c4ccc(O)cc4Oc4cc(O)ccc43)c2)c2c1C(=O)CC(C)(C)C2.Cc1nn(-c2ccc(C(N)=O)c(NCCCOCCOCCOCCOCCOCCCNCc3cccc(I)c3)c2)c2c1C(=O)CC(C)(C)C2. The van der Waals surface area contributed by atoms with Crippen LogP contribution in [-0.2, 0) is 83.6 Å². The number of nitrogens with two attached hydrogens (primary N) is 2. The molecule has 9 aromatic rings. The molecule has 7 aromatic carbocycles. The van der Waals surface area contributed by atoms with Crippen LogP contribution in [0.2, 0.25) is 0 Å². The Morgan fingerprint density at radius 2 is 0.901 bits per heavy atom. The molecule has 30 nitrogen and oxygen atoms in total. The van der Waals surface area contributed by atoms with E-state index in [0.717, 1.165) is 76.4 Å². The van der Waals surface area contributed by atoms with E-state index in [4.69, 9.17) is 90.7 Å². The van der Waals surface area contributed by atoms with E-state index in [-0.39, 0.29) is 41.3 Å². The predicted octanol–water partition coefficient (Wildman–Crippen LogP) is 14.9. The molecule has 0 radical (unpaired) electrons. The molecule has 4 heterocycles. The fraction of sp³-hybridized carbons (Fsp3) is 0.449. The summed E-state index contributed by atoms with van der Waals surface area (Å²) in [6, 6.07) is 42.2. The van der Waals surface area contributed by atoms with Gasteiger partial charge >= 0.3 is 5.97 Å². The summed E-state index contributed by atoms with van der Waals surface area (Å²) in [5.74, 6) is -0.776. The Morgan fingerprint density at radius 1 is 0.496 bits per heavy atom. The molecule has 33 heteroatoms. The number of nitrogens with one attached hydrogen (secondary N) is 4. The highest BCUT2D eigenvalue weighted by atomic mass is 127. The maximum atomic E-state index is 13.8. The number of aromatic hydroxyl groups is 2. The molecule has 0 atom stereocenters. The van der Waals surface area contributed by atoms with Crippen molar-refractivity contribution in [3.05, 3.63) is 225 Å². The van der Waals surface area contributed by atoms with Gasteiger partial charge in [0.2, 0.25) is 0 Å². The fourth-order valence-corrected chi connectivity index (χ4v) is 17.6. The van der Waals surface area contributed by atoms with E-state index in [1.54, 1.807) is 36.4 Å². The lowest BCUT2D eigenvalue weighted by Crippen LogP contribution is -2.35. The number of nitrogens with zero attached hydrogens (tertiary/aromatic N) is 5. The molecule has 0 saturated heterocycles. The van der Waals surface area contributed by atoms with Crippen molar-refractivity contribution in [3.8, 4) is 34.4 Å². The number of rotatable bonds is 51. The fourth-order valence-electron chi connectivity index (χ4n) is 16.1. The van der Waals surface area contributed by atoms with E-state index in [1.807, 2.05) is 65.7 Å². The second kappa shape index (κ2) is 50.0. The molecule has 13 rings (SSSR count). The Kier molecular flexibility index (Phi) is 38.9. The number of ketones is 2. The van der Waals surface area contributed by atoms with Crippen molar-refractivity contribution >= 4 is 109 Å². The summed E-state index contributed by atoms with van der Waals surface area (Å²) in [5, 5.41) is 43.9. The number of hydrogen-bond acceptors (Lipinski definition) is 25. The van der Waals surface area contributed by atoms with Crippen molar-refractivity contribution in [2.45, 2.75) is 119 Å². The minimum atomic E-state index is -1.37. The third kappa shape index (κ3) is 28.7. The number of phenols is 2. The topological polar surface area (TPSA) is 376 Å². The molecular formula is C98H123I2N11O19S. The van der Waals surface area contributed by atoms with Crippen LogP contribution in [0.5, 0.6) is 23.0 Å². The van der Waals surface area contributed by atoms with Gasteiger partial charge in [-0.15, -0.1) is 0 Å². The summed E-state index contributed by atoms with van der Waals surface area (Å²) >= 11 is 10.6. The van der Waals surface area contributed by atoms with Gasteiger partial charge in [-0.2, -0.15) is 10.2 Å². The molecule has 1 spiro atoms. The Hall–Kier alpha value is -9.58. The number of primary amides is 2. The van der Waals surface area contributed by atoms with Crippen LogP contribution in [0.1, 0.15) is 176 Å². The van der Waals surface area contributed by atoms with Crippen molar-refractivity contribution in [3.63, 3.8) is 0 Å². The van der Waals surface area contributed by atoms with E-state index < -0.39 is 23.4 Å². The number of aryl methyl sites for hydroxylation is 2. The molecule has 2 aliphatic carbocycles. The molecule has 0 unspecified atom stereocenters. The molecule has 4 aliphatic rings. The highest BCUT2D eigenvalue weighted by Crippen LogP contribution is 2.57. The molecule has 2 aliphatic heterocycles. The monoisotopic (exact) mass is 2040 g/mol. The van der Waals surface area contributed by atoms with Gasteiger partial charge in [0.25, 0.3) is 11.8 Å². The number of carbonyl (C=O) groups is 5. The van der Waals surface area contributed by atoms with Gasteiger partial charge in [0.1, 0.15) is 23.0 Å². The first-order chi connectivity index (χ1) is 62.7. The minimum Gasteiger partial charge on any atom is -0.508 e. The molecule has 10 N–H and O–H groups in total. The van der Waals surface area contributed by atoms with E-state index >= 15 is 0 Å². The van der Waals surface area contributed by atoms with Crippen LogP contribution >= 0.6 is 57.4 Å². The maximum Gasteiger partial charge on any atom is 0.340 e. The van der Waals surface area contributed by atoms with Gasteiger partial charge in [-0.1, -0.05) is 65.5 Å². The summed E-state index contributed by atoms with van der Waals surface area (Å²) in [6.07, 6.45) is 5.51. The number of benzene rings is 7. The normalized spacial score (nSPS) is 14.1. The summed E-state index contributed by atoms with van der Waals surface area (Å²) in [6.45, 7) is 25.9. The molecule has 131 heavy (non-hydrogen) atoms. The number of phenolic OH excluding ortho intramolecular Hbond substituents is 2. The number of halogens is 2. The first kappa shape index (κ1) is 102. The van der Waals surface area contributed by atoms with Gasteiger partial charge < -0.3 is 105 Å². The van der Waals surface area contributed by atoms with E-state index in [0.29, 0.717) is 268 Å². The van der Waals surface area contributed by atoms with Crippen LogP contribution in [0.3, 0.4) is 0 Å². The number of Topliss-reactive ketones (excluding diaryl/α,β-unsaturated/α-hetero) is 2. The third-order valence-electron chi connectivity index (χ3n) is 22.2. The average molecular weight is 2040 g/mol. The zero-order valence-electron chi connectivity index (χ0n) is 74.7. The highest BCUT2D eigenvalue weighted by molar-refractivity contribution is 14.1. The van der Waals surface area contributed by atoms with Gasteiger partial charge in [0.15, 0.2) is 22.3 Å². The summed E-state index contributed by atoms with van der Waals surface area (Å²) < 4.78 is 75.1. The van der Waals surface area contributed by atoms with Crippen LogP contribution in [0.25, 0.3) is 11.4 Å². The van der Waals surface area contributed by atoms with E-state index in [1.165, 1.54) is 33.4 Å². The van der Waals surface area contributed by atoms with Gasteiger partial charge in [0.05, 0.1) is 168 Å². The molecule has 0 bridgehead atoms. The largest absolute Gasteiger partial charge is 0.508 e. The third-order valence-corrected chi connectivity index (χ3v) is 23.9. The Labute approximate surface area is 799 Å². The van der Waals surface area contributed by atoms with Crippen LogP contribution < -0.4 is 37.5 Å². The van der Waals surface area contributed by atoms with E-state index in [9.17, 15) is 34.2 Å². The smallest absolute Gasteiger partial charge is 0.340 e. The quantitative estimate of drug-likeness (QED) is 0.00759. The zero-order chi connectivity index (χ0) is 92.2. The summed E-state index contributed by atoms with van der Waals surface area (Å²) in [5.41, 5.74) is 22.9. The second-order valence-electron chi connectivity index (χ2n) is 33.7. The van der Waals surface area contributed by atoms with Crippen molar-refractivity contribution in [2.75, 3.05) is 174 Å². The Bertz CT molecular complexity index is 5320. The van der Waals surface area contributed by atoms with Crippen LogP contribution in [0, 0.1) is 31.8 Å². The summed E-state index contributed by atoms with van der Waals surface area (Å²) in [7, 11) is 0. The first-order valence-corrected chi connectivity index (χ1v) is 46.7. The predicted molar refractivity (Wildman–Crippen MR) is 522 cm³/mol. The molecule has 0 saturated carbocycles. The second-order valence-corrected chi connectivity index (χ2v) is 36.6. The average Bonchev–Trinajstić information content (AvgIpc) is 1.58. The Morgan fingerprint density at radius 3 is 1.34 bits per heavy atom. The molecule has 2 aromatic heterocycles. The summed E-state index contributed by atoms with van der Waals surface area (Å²) in [4.78, 5) is 66.0. The van der Waals surface area contributed by atoms with Gasteiger partial charge in [0, 0.05) is 125 Å². The lowest BCUT2D eigenvalue weighted by Gasteiger charge is -2.36. The lowest BCUT2D eigenvalue weighted by atomic mass is 9.75. The number of amides is 2. The number of aromatic nitrogens is 4. The van der Waals surface area contributed by atoms with Crippen molar-refractivity contribution in [1.29, 1.82) is 0 Å². The van der Waals surface area contributed by atoms with Crippen LogP contribution in [0.15, 0.2) is 140 Å². The molecule has 2 amide bonds. The molecule has 0 fully saturated rings. The number of ether oxygens (including phenoxy) is 12. The standard InChI is InChI=1S/C59H65IN6O12S.C38H54IN5O7.CH4/c1-37-54-50(34-58(2,3)35-51(54)69)66(64-37)41-10-13-44(55(61)70)49(31-41)62-17-5-19-72-21-23-74-25-27-76-28-26-75-24-22-73-20-6-18-65(36-38-7-4-8-39(60)29-38)57(79)63-40-9-14-46-45(30-40)56(71)78-59(46)47-15-11-42(67)32-52(47)77-53-33-43(68)12-16-48(53)59;1-28-36-34(25-38(2,3)26-35(36)45)44(43-28)31-9-10-32(37(40)46)33(24-31)42-12-6-14-48-16-18-50-20-22-51-21-19-49-17-15-47-13-5-11-41-27-29-7-4-8-30(39)23-29;/h4,7-16,29-33,62,67-68H,5-6,17-28,34-36H2,1-3H3,(H2,61,70)(H,63,79);4,7-10,23-24,41-42H,5-6,11-22,25-27H2,1-3H3,(H2,40,46);1H4. The minimum absolute atomic E-state index is 0. The number of carbonyl (C=O) groups excluding carboxylic acids is 5. The number of thiocarbonyl (C=S) groups is 1. The Balaban J connectivity index is 0.000000276. The van der Waals surface area contributed by atoms with Gasteiger partial charge in [-0.25, -0.2) is 14.2 Å². The van der Waals surface area contributed by atoms with Gasteiger partial charge in [-0.3, -0.25) is 19.2 Å². The highest BCUT2D eigenvalue weighted by Gasteiger charge is 2.54. The van der Waals surface area contributed by atoms with E-state index in [2.05, 4.69) is 135 Å². The lowest BCUT2D eigenvalue weighted by molar-refractivity contribution is -0.0113. The molecular weight excluding hydrogens is 1920 g/mol. The first-order valence-electron chi connectivity index (χ1n) is 44.1. The molecule has 704 valence electrons. The number of esters is 1. The van der Waals surface area contributed by atoms with Crippen molar-refractivity contribution < 1.29 is 91.0 Å². The van der Waals surface area contributed by atoms with Gasteiger partial charge in [-0.05, 0) is 235 Å². The van der Waals surface area contributed by atoms with Crippen LogP contribution in [-0.4, -0.2) is 227 Å². The number of fused-ring (bicyclic) bond motifs is 8. The number of hydrogen-bond donors (Lipinski definition) is 8. The zero-order valence-corrected chi connectivity index (χ0v) is 79.8.